The predicted molar refractivity (Wildman–Crippen MR) is 85.8 cm³/mol. The highest BCUT2D eigenvalue weighted by Gasteiger charge is 2.21. The third-order valence-corrected chi connectivity index (χ3v) is 5.32. The lowest BCUT2D eigenvalue weighted by Crippen LogP contribution is -2.26. The molecule has 21 heavy (non-hydrogen) atoms. The van der Waals surface area contributed by atoms with Crippen molar-refractivity contribution in [1.29, 1.82) is 0 Å². The van der Waals surface area contributed by atoms with Gasteiger partial charge in [-0.25, -0.2) is 8.42 Å². The van der Waals surface area contributed by atoms with Crippen LogP contribution in [0.2, 0.25) is 0 Å². The summed E-state index contributed by atoms with van der Waals surface area (Å²) in [6.07, 6.45) is 0. The van der Waals surface area contributed by atoms with Crippen molar-refractivity contribution in [2.45, 2.75) is 18.4 Å². The molecule has 112 valence electrons. The lowest BCUT2D eigenvalue weighted by molar-refractivity contribution is 0.466. The van der Waals surface area contributed by atoms with Crippen molar-refractivity contribution in [3.63, 3.8) is 0 Å². The highest BCUT2D eigenvalue weighted by Crippen LogP contribution is 2.19. The Morgan fingerprint density at radius 2 is 1.67 bits per heavy atom. The first-order chi connectivity index (χ1) is 9.95. The molecule has 0 radical (unpaired) electrons. The van der Waals surface area contributed by atoms with E-state index in [9.17, 15) is 8.42 Å². The maximum atomic E-state index is 12.6. The van der Waals surface area contributed by atoms with E-state index in [0.29, 0.717) is 11.4 Å². The van der Waals surface area contributed by atoms with Gasteiger partial charge in [0.25, 0.3) is 0 Å². The number of nitrogens with one attached hydrogen (secondary N) is 1. The second-order valence-electron chi connectivity index (χ2n) is 4.96. The zero-order valence-corrected chi connectivity index (χ0v) is 13.3. The van der Waals surface area contributed by atoms with Crippen molar-refractivity contribution in [2.24, 2.45) is 0 Å². The molecule has 0 atom stereocenters. The van der Waals surface area contributed by atoms with E-state index in [-0.39, 0.29) is 0 Å². The smallest absolute Gasteiger partial charge is 0.243 e. The normalized spacial score (nSPS) is 11.6. The van der Waals surface area contributed by atoms with Crippen LogP contribution in [0.15, 0.2) is 53.4 Å². The summed E-state index contributed by atoms with van der Waals surface area (Å²) >= 11 is 0. The molecule has 1 N–H and O–H groups in total. The Morgan fingerprint density at radius 3 is 2.24 bits per heavy atom. The minimum absolute atomic E-state index is 0.303. The van der Waals surface area contributed by atoms with Gasteiger partial charge in [-0.2, -0.15) is 4.31 Å². The van der Waals surface area contributed by atoms with E-state index in [1.165, 1.54) is 4.31 Å². The van der Waals surface area contributed by atoms with Gasteiger partial charge in [-0.3, -0.25) is 0 Å². The van der Waals surface area contributed by atoms with Crippen LogP contribution < -0.4 is 5.32 Å². The maximum absolute atomic E-state index is 12.6. The Balaban J connectivity index is 2.24. The summed E-state index contributed by atoms with van der Waals surface area (Å²) in [6.45, 7) is 2.35. The number of aryl methyl sites for hydroxylation is 1. The Kier molecular flexibility index (Phi) is 4.65. The number of rotatable bonds is 5. The number of sulfonamides is 1. The number of nitrogens with zero attached hydrogens (tertiary/aromatic N) is 1. The molecule has 0 amide bonds. The molecule has 0 aromatic heterocycles. The van der Waals surface area contributed by atoms with Gasteiger partial charge >= 0.3 is 0 Å². The fraction of sp³-hybridized carbons (Fsp3) is 0.250. The lowest BCUT2D eigenvalue weighted by atomic mass is 10.1. The molecule has 0 saturated heterocycles. The van der Waals surface area contributed by atoms with Gasteiger partial charge in [0.2, 0.25) is 10.0 Å². The van der Waals surface area contributed by atoms with Crippen LogP contribution in [0.4, 0.5) is 5.69 Å². The van der Waals surface area contributed by atoms with Gasteiger partial charge in [-0.05, 0) is 42.3 Å². The van der Waals surface area contributed by atoms with Crippen molar-refractivity contribution in [1.82, 2.24) is 4.31 Å². The summed E-state index contributed by atoms with van der Waals surface area (Å²) in [7, 11) is -0.0690. The second-order valence-corrected chi connectivity index (χ2v) is 7.01. The fourth-order valence-corrected chi connectivity index (χ4v) is 3.23. The predicted octanol–water partition coefficient (Wildman–Crippen LogP) is 2.86. The monoisotopic (exact) mass is 304 g/mol. The maximum Gasteiger partial charge on any atom is 0.243 e. The van der Waals surface area contributed by atoms with E-state index in [0.717, 1.165) is 16.8 Å². The standard InChI is InChI=1S/C16H20N2O2S/c1-13-6-4-5-7-14(13)12-18(3)21(19,20)16-10-8-15(17-2)9-11-16/h4-11,17H,12H2,1-3H3. The van der Waals surface area contributed by atoms with Crippen LogP contribution in [-0.4, -0.2) is 26.8 Å². The molecule has 0 aliphatic carbocycles. The van der Waals surface area contributed by atoms with Crippen LogP contribution in [0.3, 0.4) is 0 Å². The summed E-state index contributed by atoms with van der Waals surface area (Å²) in [5.41, 5.74) is 2.98. The van der Waals surface area contributed by atoms with Gasteiger partial charge in [-0.1, -0.05) is 24.3 Å². The molecule has 2 aromatic rings. The van der Waals surface area contributed by atoms with Gasteiger partial charge < -0.3 is 5.32 Å². The first kappa shape index (κ1) is 15.5. The van der Waals surface area contributed by atoms with Crippen LogP contribution in [0.1, 0.15) is 11.1 Å². The molecule has 0 saturated carbocycles. The number of hydrogen-bond acceptors (Lipinski definition) is 3. The Bertz CT molecular complexity index is 709. The van der Waals surface area contributed by atoms with Crippen LogP contribution in [-0.2, 0) is 16.6 Å². The topological polar surface area (TPSA) is 49.4 Å². The fourth-order valence-electron chi connectivity index (χ4n) is 2.09. The minimum Gasteiger partial charge on any atom is -0.388 e. The van der Waals surface area contributed by atoms with Crippen molar-refractivity contribution < 1.29 is 8.42 Å². The van der Waals surface area contributed by atoms with E-state index in [1.54, 1.807) is 38.4 Å². The summed E-state index contributed by atoms with van der Waals surface area (Å²) in [5.74, 6) is 0. The second kappa shape index (κ2) is 6.28. The number of benzene rings is 2. The molecular formula is C16H20N2O2S. The number of hydrogen-bond donors (Lipinski definition) is 1. The SMILES string of the molecule is CNc1ccc(S(=O)(=O)N(C)Cc2ccccc2C)cc1. The molecular weight excluding hydrogens is 284 g/mol. The summed E-state index contributed by atoms with van der Waals surface area (Å²) in [5, 5.41) is 2.97. The summed E-state index contributed by atoms with van der Waals surface area (Å²) in [4.78, 5) is 0.303. The average Bonchev–Trinajstić information content (AvgIpc) is 2.49. The van der Waals surface area contributed by atoms with E-state index in [1.807, 2.05) is 31.2 Å². The van der Waals surface area contributed by atoms with Gasteiger partial charge in [0, 0.05) is 26.3 Å². The van der Waals surface area contributed by atoms with Crippen molar-refractivity contribution >= 4 is 15.7 Å². The van der Waals surface area contributed by atoms with E-state index in [4.69, 9.17) is 0 Å². The summed E-state index contributed by atoms with van der Waals surface area (Å²) < 4.78 is 26.5. The Hall–Kier alpha value is -1.85. The third-order valence-electron chi connectivity index (χ3n) is 3.51. The molecule has 0 fully saturated rings. The Morgan fingerprint density at radius 1 is 1.05 bits per heavy atom. The van der Waals surface area contributed by atoms with Crippen LogP contribution >= 0.6 is 0 Å². The van der Waals surface area contributed by atoms with Gasteiger partial charge in [0.05, 0.1) is 4.90 Å². The molecule has 0 heterocycles. The van der Waals surface area contributed by atoms with Crippen molar-refractivity contribution in [3.8, 4) is 0 Å². The third kappa shape index (κ3) is 3.43. The van der Waals surface area contributed by atoms with E-state index in [2.05, 4.69) is 5.32 Å². The molecule has 0 unspecified atom stereocenters. The minimum atomic E-state index is -3.47. The van der Waals surface area contributed by atoms with Crippen LogP contribution in [0.5, 0.6) is 0 Å². The zero-order chi connectivity index (χ0) is 15.5. The van der Waals surface area contributed by atoms with Gasteiger partial charge in [-0.15, -0.1) is 0 Å². The highest BCUT2D eigenvalue weighted by atomic mass is 32.2. The van der Waals surface area contributed by atoms with Crippen molar-refractivity contribution in [2.75, 3.05) is 19.4 Å². The van der Waals surface area contributed by atoms with Crippen LogP contribution in [0, 0.1) is 6.92 Å². The lowest BCUT2D eigenvalue weighted by Gasteiger charge is -2.18. The quantitative estimate of drug-likeness (QED) is 0.924. The molecule has 2 rings (SSSR count). The van der Waals surface area contributed by atoms with Crippen LogP contribution in [0.25, 0.3) is 0 Å². The summed E-state index contributed by atoms with van der Waals surface area (Å²) in [6, 6.07) is 14.6. The molecule has 2 aromatic carbocycles. The first-order valence-electron chi connectivity index (χ1n) is 6.74. The van der Waals surface area contributed by atoms with E-state index >= 15 is 0 Å². The van der Waals surface area contributed by atoms with Gasteiger partial charge in [0.1, 0.15) is 0 Å². The van der Waals surface area contributed by atoms with Gasteiger partial charge in [0.15, 0.2) is 0 Å². The van der Waals surface area contributed by atoms with E-state index < -0.39 is 10.0 Å². The molecule has 4 nitrogen and oxygen atoms in total. The molecule has 5 heteroatoms. The van der Waals surface area contributed by atoms with Crippen molar-refractivity contribution in [3.05, 3.63) is 59.7 Å². The highest BCUT2D eigenvalue weighted by molar-refractivity contribution is 7.89. The number of anilines is 1. The zero-order valence-electron chi connectivity index (χ0n) is 12.5. The molecule has 0 spiro atoms. The first-order valence-corrected chi connectivity index (χ1v) is 8.18. The molecule has 0 aliphatic heterocycles. The largest absolute Gasteiger partial charge is 0.388 e. The average molecular weight is 304 g/mol. The Labute approximate surface area is 126 Å². The molecule has 0 bridgehead atoms. The molecule has 0 aliphatic rings.